The summed E-state index contributed by atoms with van der Waals surface area (Å²) in [7, 11) is 0. The molecule has 3 heterocycles. The van der Waals surface area contributed by atoms with Gasteiger partial charge in [-0.15, -0.1) is 0 Å². The topological polar surface area (TPSA) is 56.1 Å². The molecule has 0 atom stereocenters. The molecule has 0 amide bonds. The Kier molecular flexibility index (Phi) is 4.64. The largest absolute Gasteiger partial charge is 0.352 e. The van der Waals surface area contributed by atoms with Crippen LogP contribution in [0, 0.1) is 17.1 Å². The molecule has 0 aliphatic carbocycles. The number of nitriles is 1. The maximum atomic E-state index is 14.0. The van der Waals surface area contributed by atoms with Gasteiger partial charge < -0.3 is 9.80 Å². The minimum Gasteiger partial charge on any atom is -0.352 e. The first-order valence-electron chi connectivity index (χ1n) is 6.95. The van der Waals surface area contributed by atoms with E-state index in [2.05, 4.69) is 25.9 Å². The number of hydrogen-bond donors (Lipinski definition) is 0. The second kappa shape index (κ2) is 6.69. The molecule has 0 bridgehead atoms. The second-order valence-corrected chi connectivity index (χ2v) is 6.40. The lowest BCUT2D eigenvalue weighted by Crippen LogP contribution is -2.47. The summed E-state index contributed by atoms with van der Waals surface area (Å²) >= 11 is 9.40. The van der Waals surface area contributed by atoms with Crippen molar-refractivity contribution in [2.45, 2.75) is 0 Å². The van der Waals surface area contributed by atoms with Crippen LogP contribution in [0.1, 0.15) is 5.56 Å². The van der Waals surface area contributed by atoms with E-state index in [1.807, 2.05) is 15.9 Å². The fraction of sp³-hybridized carbons (Fsp3) is 0.267. The molecule has 1 fully saturated rings. The highest BCUT2D eigenvalue weighted by atomic mass is 79.9. The first-order chi connectivity index (χ1) is 11.1. The number of pyridine rings is 2. The van der Waals surface area contributed by atoms with E-state index in [4.69, 9.17) is 16.9 Å². The number of aromatic nitrogens is 2. The number of piperazine rings is 1. The third kappa shape index (κ3) is 3.38. The molecule has 5 nitrogen and oxygen atoms in total. The van der Waals surface area contributed by atoms with E-state index in [1.54, 1.807) is 12.3 Å². The van der Waals surface area contributed by atoms with Crippen LogP contribution in [-0.2, 0) is 0 Å². The van der Waals surface area contributed by atoms with Gasteiger partial charge in [0.25, 0.3) is 0 Å². The minimum absolute atomic E-state index is 0.345. The molecule has 0 saturated carbocycles. The lowest BCUT2D eigenvalue weighted by Gasteiger charge is -2.36. The zero-order valence-corrected chi connectivity index (χ0v) is 14.3. The van der Waals surface area contributed by atoms with Gasteiger partial charge in [0.05, 0.1) is 10.6 Å². The van der Waals surface area contributed by atoms with Crippen LogP contribution in [-0.4, -0.2) is 36.1 Å². The Hall–Kier alpha value is -1.91. The van der Waals surface area contributed by atoms with Crippen molar-refractivity contribution in [2.75, 3.05) is 36.0 Å². The van der Waals surface area contributed by atoms with E-state index in [-0.39, 0.29) is 5.82 Å². The molecule has 0 N–H and O–H groups in total. The zero-order chi connectivity index (χ0) is 16.4. The zero-order valence-electron chi connectivity index (χ0n) is 12.0. The molecule has 118 valence electrons. The van der Waals surface area contributed by atoms with E-state index >= 15 is 0 Å². The molecule has 2 aromatic heterocycles. The molecule has 8 heteroatoms. The standard InChI is InChI=1S/C15H12BrClFN5/c16-11-6-13(18)15(21-9-11)23-3-1-22(2-4-23)14-12(17)5-10(7-19)8-20-14/h5-6,8-9H,1-4H2. The minimum atomic E-state index is -0.345. The van der Waals surface area contributed by atoms with E-state index in [1.165, 1.54) is 12.3 Å². The Morgan fingerprint density at radius 2 is 1.70 bits per heavy atom. The molecule has 1 saturated heterocycles. The van der Waals surface area contributed by atoms with Gasteiger partial charge in [-0.05, 0) is 28.1 Å². The van der Waals surface area contributed by atoms with E-state index in [9.17, 15) is 4.39 Å². The first kappa shape index (κ1) is 16.0. The van der Waals surface area contributed by atoms with Gasteiger partial charge in [-0.25, -0.2) is 14.4 Å². The van der Waals surface area contributed by atoms with Gasteiger partial charge in [-0.3, -0.25) is 0 Å². The summed E-state index contributed by atoms with van der Waals surface area (Å²) < 4.78 is 14.6. The SMILES string of the molecule is N#Cc1cnc(N2CCN(c3ncc(Br)cc3F)CC2)c(Cl)c1. The van der Waals surface area contributed by atoms with Crippen molar-refractivity contribution in [3.63, 3.8) is 0 Å². The number of rotatable bonds is 2. The Bertz CT molecular complexity index is 771. The van der Waals surface area contributed by atoms with Crippen LogP contribution in [0.2, 0.25) is 5.02 Å². The number of halogens is 3. The fourth-order valence-corrected chi connectivity index (χ4v) is 3.08. The molecule has 0 spiro atoms. The summed E-state index contributed by atoms with van der Waals surface area (Å²) in [5, 5.41) is 9.30. The van der Waals surface area contributed by atoms with E-state index < -0.39 is 0 Å². The third-order valence-electron chi connectivity index (χ3n) is 3.62. The molecule has 0 aromatic carbocycles. The van der Waals surface area contributed by atoms with Crippen LogP contribution in [0.5, 0.6) is 0 Å². The molecule has 23 heavy (non-hydrogen) atoms. The van der Waals surface area contributed by atoms with Crippen LogP contribution < -0.4 is 9.80 Å². The molecular formula is C15H12BrClFN5. The lowest BCUT2D eigenvalue weighted by molar-refractivity contribution is 0.586. The molecule has 0 radical (unpaired) electrons. The van der Waals surface area contributed by atoms with Gasteiger partial charge in [-0.1, -0.05) is 11.6 Å². The summed E-state index contributed by atoms with van der Waals surface area (Å²) in [5.74, 6) is 0.656. The van der Waals surface area contributed by atoms with Gasteiger partial charge in [0.15, 0.2) is 11.6 Å². The monoisotopic (exact) mass is 395 g/mol. The summed E-state index contributed by atoms with van der Waals surface area (Å²) in [6, 6.07) is 5.02. The number of nitrogens with zero attached hydrogens (tertiary/aromatic N) is 5. The van der Waals surface area contributed by atoms with Gasteiger partial charge in [0.1, 0.15) is 11.9 Å². The van der Waals surface area contributed by atoms with Gasteiger partial charge in [0.2, 0.25) is 0 Å². The van der Waals surface area contributed by atoms with Crippen LogP contribution in [0.15, 0.2) is 29.0 Å². The summed E-state index contributed by atoms with van der Waals surface area (Å²) in [4.78, 5) is 12.3. The van der Waals surface area contributed by atoms with E-state index in [0.717, 1.165) is 0 Å². The van der Waals surface area contributed by atoms with Crippen molar-refractivity contribution in [3.8, 4) is 6.07 Å². The Labute approximate surface area is 146 Å². The van der Waals surface area contributed by atoms with Gasteiger partial charge >= 0.3 is 0 Å². The van der Waals surface area contributed by atoms with Crippen LogP contribution in [0.3, 0.4) is 0 Å². The molecule has 3 rings (SSSR count). The normalized spacial score (nSPS) is 14.7. The lowest BCUT2D eigenvalue weighted by atomic mass is 10.2. The van der Waals surface area contributed by atoms with Gasteiger partial charge in [-0.2, -0.15) is 5.26 Å². The maximum Gasteiger partial charge on any atom is 0.166 e. The average Bonchev–Trinajstić information content (AvgIpc) is 2.55. The van der Waals surface area contributed by atoms with E-state index in [0.29, 0.717) is 52.9 Å². The fourth-order valence-electron chi connectivity index (χ4n) is 2.49. The maximum absolute atomic E-state index is 14.0. The highest BCUT2D eigenvalue weighted by Crippen LogP contribution is 2.27. The van der Waals surface area contributed by atoms with Crippen LogP contribution >= 0.6 is 27.5 Å². The summed E-state index contributed by atoms with van der Waals surface area (Å²) in [6.45, 7) is 2.53. The predicted octanol–water partition coefficient (Wildman–Crippen LogP) is 3.23. The van der Waals surface area contributed by atoms with Crippen molar-refractivity contribution >= 4 is 39.2 Å². The van der Waals surface area contributed by atoms with Crippen molar-refractivity contribution in [1.29, 1.82) is 5.26 Å². The highest BCUT2D eigenvalue weighted by Gasteiger charge is 2.22. The molecule has 1 aliphatic heterocycles. The molecule has 1 aliphatic rings. The summed E-state index contributed by atoms with van der Waals surface area (Å²) in [6.07, 6.45) is 3.09. The molecule has 2 aromatic rings. The van der Waals surface area contributed by atoms with Crippen LogP contribution in [0.25, 0.3) is 0 Å². The molecular weight excluding hydrogens is 385 g/mol. The van der Waals surface area contributed by atoms with Crippen molar-refractivity contribution < 1.29 is 4.39 Å². The smallest absolute Gasteiger partial charge is 0.166 e. The van der Waals surface area contributed by atoms with Gasteiger partial charge in [0, 0.05) is 43.0 Å². The Morgan fingerprint density at radius 1 is 1.09 bits per heavy atom. The molecule has 0 unspecified atom stereocenters. The third-order valence-corrected chi connectivity index (χ3v) is 4.33. The first-order valence-corrected chi connectivity index (χ1v) is 8.12. The van der Waals surface area contributed by atoms with Crippen molar-refractivity contribution in [3.05, 3.63) is 45.4 Å². The van der Waals surface area contributed by atoms with Crippen molar-refractivity contribution in [2.24, 2.45) is 0 Å². The quantitative estimate of drug-likeness (QED) is 0.780. The van der Waals surface area contributed by atoms with Crippen molar-refractivity contribution in [1.82, 2.24) is 9.97 Å². The number of hydrogen-bond acceptors (Lipinski definition) is 5. The predicted molar refractivity (Wildman–Crippen MR) is 90.3 cm³/mol. The van der Waals surface area contributed by atoms with Crippen LogP contribution in [0.4, 0.5) is 16.0 Å². The number of anilines is 2. The average molecular weight is 397 g/mol. The Morgan fingerprint density at radius 3 is 2.26 bits per heavy atom. The summed E-state index contributed by atoms with van der Waals surface area (Å²) in [5.41, 5.74) is 0.429. The highest BCUT2D eigenvalue weighted by molar-refractivity contribution is 9.10. The Balaban J connectivity index is 1.72. The second-order valence-electron chi connectivity index (χ2n) is 5.07.